The summed E-state index contributed by atoms with van der Waals surface area (Å²) in [7, 11) is 1.87. The first kappa shape index (κ1) is 8.79. The van der Waals surface area contributed by atoms with E-state index in [0.717, 1.165) is 5.69 Å². The molecule has 12 heavy (non-hydrogen) atoms. The quantitative estimate of drug-likeness (QED) is 0.582. The van der Waals surface area contributed by atoms with E-state index in [9.17, 15) is 0 Å². The molecule has 64 valence electrons. The van der Waals surface area contributed by atoms with Crippen LogP contribution in [-0.4, -0.2) is 9.55 Å². The SMILES string of the molecule is Cn1c(C(C)(C)C)cnc1C#N. The summed E-state index contributed by atoms with van der Waals surface area (Å²) in [5, 5.41) is 8.66. The van der Waals surface area contributed by atoms with Gasteiger partial charge in [-0.05, 0) is 0 Å². The van der Waals surface area contributed by atoms with Crippen LogP contribution in [-0.2, 0) is 12.5 Å². The van der Waals surface area contributed by atoms with Crippen molar-refractivity contribution in [3.05, 3.63) is 17.7 Å². The van der Waals surface area contributed by atoms with Crippen LogP contribution in [0.1, 0.15) is 32.3 Å². The fourth-order valence-electron chi connectivity index (χ4n) is 1.21. The number of aromatic nitrogens is 2. The van der Waals surface area contributed by atoms with Crippen LogP contribution in [0.3, 0.4) is 0 Å². The predicted molar refractivity (Wildman–Crippen MR) is 46.6 cm³/mol. The molecule has 0 fully saturated rings. The highest BCUT2D eigenvalue weighted by atomic mass is 15.1. The Bertz CT molecular complexity index is 323. The van der Waals surface area contributed by atoms with Gasteiger partial charge in [-0.2, -0.15) is 5.26 Å². The van der Waals surface area contributed by atoms with Crippen LogP contribution in [0.15, 0.2) is 6.20 Å². The topological polar surface area (TPSA) is 41.6 Å². The molecule has 0 bridgehead atoms. The molecule has 0 saturated heterocycles. The first-order valence-electron chi connectivity index (χ1n) is 3.89. The summed E-state index contributed by atoms with van der Waals surface area (Å²) in [6, 6.07) is 2.04. The van der Waals surface area contributed by atoms with Crippen molar-refractivity contribution in [1.82, 2.24) is 9.55 Å². The summed E-state index contributed by atoms with van der Waals surface area (Å²) in [5.41, 5.74) is 1.13. The van der Waals surface area contributed by atoms with Gasteiger partial charge < -0.3 is 4.57 Å². The highest BCUT2D eigenvalue weighted by molar-refractivity contribution is 5.21. The van der Waals surface area contributed by atoms with E-state index in [1.165, 1.54) is 0 Å². The molecule has 0 aliphatic rings. The zero-order chi connectivity index (χ0) is 9.35. The minimum atomic E-state index is 0.0524. The first-order chi connectivity index (χ1) is 5.46. The fraction of sp³-hybridized carbons (Fsp3) is 0.556. The van der Waals surface area contributed by atoms with Crippen LogP contribution in [0.4, 0.5) is 0 Å². The summed E-state index contributed by atoms with van der Waals surface area (Å²) in [4.78, 5) is 4.00. The Hall–Kier alpha value is -1.30. The van der Waals surface area contributed by atoms with Gasteiger partial charge in [-0.1, -0.05) is 20.8 Å². The normalized spacial score (nSPS) is 11.2. The van der Waals surface area contributed by atoms with Crippen molar-refractivity contribution in [1.29, 1.82) is 5.26 Å². The maximum absolute atomic E-state index is 8.66. The van der Waals surface area contributed by atoms with Crippen molar-refractivity contribution in [2.45, 2.75) is 26.2 Å². The van der Waals surface area contributed by atoms with Crippen LogP contribution >= 0.6 is 0 Å². The van der Waals surface area contributed by atoms with Crippen LogP contribution < -0.4 is 0 Å². The molecule has 0 radical (unpaired) electrons. The van der Waals surface area contributed by atoms with E-state index in [1.807, 2.05) is 17.7 Å². The molecule has 0 unspecified atom stereocenters. The molecule has 1 aromatic heterocycles. The Morgan fingerprint density at radius 1 is 1.50 bits per heavy atom. The third-order valence-electron chi connectivity index (χ3n) is 1.86. The molecule has 0 saturated carbocycles. The molecular weight excluding hydrogens is 150 g/mol. The van der Waals surface area contributed by atoms with Gasteiger partial charge in [-0.3, -0.25) is 0 Å². The van der Waals surface area contributed by atoms with Crippen LogP contribution in [0.25, 0.3) is 0 Å². The highest BCUT2D eigenvalue weighted by Crippen LogP contribution is 2.21. The molecule has 0 N–H and O–H groups in total. The minimum absolute atomic E-state index is 0.0524. The first-order valence-corrected chi connectivity index (χ1v) is 3.89. The van der Waals surface area contributed by atoms with Gasteiger partial charge in [0.15, 0.2) is 0 Å². The Morgan fingerprint density at radius 3 is 2.33 bits per heavy atom. The van der Waals surface area contributed by atoms with Gasteiger partial charge in [0.05, 0.1) is 6.20 Å². The molecule has 0 aromatic carbocycles. The molecule has 0 aliphatic carbocycles. The number of nitrogens with zero attached hydrogens (tertiary/aromatic N) is 3. The van der Waals surface area contributed by atoms with Gasteiger partial charge in [-0.25, -0.2) is 4.98 Å². The number of nitriles is 1. The van der Waals surface area contributed by atoms with E-state index in [1.54, 1.807) is 6.20 Å². The van der Waals surface area contributed by atoms with E-state index in [2.05, 4.69) is 25.8 Å². The van der Waals surface area contributed by atoms with Crippen molar-refractivity contribution >= 4 is 0 Å². The average molecular weight is 163 g/mol. The Labute approximate surface area is 72.7 Å². The average Bonchev–Trinajstić information content (AvgIpc) is 2.29. The van der Waals surface area contributed by atoms with Gasteiger partial charge in [-0.15, -0.1) is 0 Å². The smallest absolute Gasteiger partial charge is 0.212 e. The maximum Gasteiger partial charge on any atom is 0.212 e. The molecular formula is C9H13N3. The monoisotopic (exact) mass is 163 g/mol. The van der Waals surface area contributed by atoms with Crippen molar-refractivity contribution in [2.75, 3.05) is 0 Å². The second-order valence-corrected chi connectivity index (χ2v) is 3.89. The molecule has 0 aliphatic heterocycles. The van der Waals surface area contributed by atoms with Gasteiger partial charge >= 0.3 is 0 Å². The largest absolute Gasteiger partial charge is 0.322 e. The number of hydrogen-bond donors (Lipinski definition) is 0. The molecule has 3 heteroatoms. The van der Waals surface area contributed by atoms with Gasteiger partial charge in [0.2, 0.25) is 5.82 Å². The summed E-state index contributed by atoms with van der Waals surface area (Å²) in [6.07, 6.45) is 1.76. The van der Waals surface area contributed by atoms with Crippen molar-refractivity contribution in [3.63, 3.8) is 0 Å². The second-order valence-electron chi connectivity index (χ2n) is 3.89. The molecule has 1 heterocycles. The predicted octanol–water partition coefficient (Wildman–Crippen LogP) is 1.59. The third kappa shape index (κ3) is 1.33. The van der Waals surface area contributed by atoms with Crippen LogP contribution in [0.2, 0.25) is 0 Å². The van der Waals surface area contributed by atoms with E-state index in [0.29, 0.717) is 5.82 Å². The second kappa shape index (κ2) is 2.63. The highest BCUT2D eigenvalue weighted by Gasteiger charge is 2.19. The molecule has 1 rings (SSSR count). The van der Waals surface area contributed by atoms with E-state index >= 15 is 0 Å². The lowest BCUT2D eigenvalue weighted by Crippen LogP contribution is -2.16. The molecule has 0 spiro atoms. The Kier molecular flexibility index (Phi) is 1.93. The van der Waals surface area contributed by atoms with Crippen LogP contribution in [0, 0.1) is 11.3 Å². The standard InChI is InChI=1S/C9H13N3/c1-9(2,3)7-6-11-8(5-10)12(7)4/h6H,1-4H3. The third-order valence-corrected chi connectivity index (χ3v) is 1.86. The fourth-order valence-corrected chi connectivity index (χ4v) is 1.21. The minimum Gasteiger partial charge on any atom is -0.322 e. The van der Waals surface area contributed by atoms with Gasteiger partial charge in [0.25, 0.3) is 0 Å². The zero-order valence-corrected chi connectivity index (χ0v) is 7.92. The molecule has 1 aromatic rings. The summed E-state index contributed by atoms with van der Waals surface area (Å²) in [6.45, 7) is 6.31. The molecule has 0 atom stereocenters. The van der Waals surface area contributed by atoms with Gasteiger partial charge in [0.1, 0.15) is 6.07 Å². The lowest BCUT2D eigenvalue weighted by atomic mass is 9.93. The number of hydrogen-bond acceptors (Lipinski definition) is 2. The zero-order valence-electron chi connectivity index (χ0n) is 7.92. The van der Waals surface area contributed by atoms with Crippen LogP contribution in [0.5, 0.6) is 0 Å². The number of imidazole rings is 1. The van der Waals surface area contributed by atoms with E-state index < -0.39 is 0 Å². The van der Waals surface area contributed by atoms with Crippen molar-refractivity contribution < 1.29 is 0 Å². The molecule has 0 amide bonds. The van der Waals surface area contributed by atoms with Gasteiger partial charge in [0, 0.05) is 18.2 Å². The maximum atomic E-state index is 8.66. The number of rotatable bonds is 0. The van der Waals surface area contributed by atoms with Crippen molar-refractivity contribution in [3.8, 4) is 6.07 Å². The van der Waals surface area contributed by atoms with E-state index in [-0.39, 0.29) is 5.41 Å². The van der Waals surface area contributed by atoms with Crippen molar-refractivity contribution in [2.24, 2.45) is 7.05 Å². The summed E-state index contributed by atoms with van der Waals surface area (Å²) < 4.78 is 1.83. The lowest BCUT2D eigenvalue weighted by molar-refractivity contribution is 0.541. The Morgan fingerprint density at radius 2 is 2.08 bits per heavy atom. The Balaban J connectivity index is 3.22. The lowest BCUT2D eigenvalue weighted by Gasteiger charge is -2.18. The summed E-state index contributed by atoms with van der Waals surface area (Å²) in [5.74, 6) is 0.472. The summed E-state index contributed by atoms with van der Waals surface area (Å²) >= 11 is 0. The molecule has 3 nitrogen and oxygen atoms in total. The van der Waals surface area contributed by atoms with E-state index in [4.69, 9.17) is 5.26 Å².